The van der Waals surface area contributed by atoms with Crippen molar-refractivity contribution in [2.75, 3.05) is 19.6 Å². The molecule has 8 nitrogen and oxygen atoms in total. The summed E-state index contributed by atoms with van der Waals surface area (Å²) < 4.78 is 13.9. The zero-order valence-corrected chi connectivity index (χ0v) is 19.2. The number of pyridine rings is 1. The lowest BCUT2D eigenvalue weighted by atomic mass is 9.95. The molecule has 3 aromatic heterocycles. The molecule has 0 unspecified atom stereocenters. The van der Waals surface area contributed by atoms with Gasteiger partial charge in [-0.25, -0.2) is 14.4 Å². The van der Waals surface area contributed by atoms with E-state index in [1.54, 1.807) is 12.2 Å². The van der Waals surface area contributed by atoms with E-state index < -0.39 is 17.3 Å². The Labute approximate surface area is 198 Å². The number of imidazole rings is 1. The van der Waals surface area contributed by atoms with Crippen molar-refractivity contribution in [3.63, 3.8) is 0 Å². The fraction of sp³-hybridized carbons (Fsp3) is 0.273. The highest BCUT2D eigenvalue weighted by Crippen LogP contribution is 2.37. The Morgan fingerprint density at radius 2 is 2.18 bits per heavy atom. The first-order valence-corrected chi connectivity index (χ1v) is 11.4. The molecule has 0 bridgehead atoms. The van der Waals surface area contributed by atoms with Gasteiger partial charge in [-0.1, -0.05) is 24.8 Å². The lowest BCUT2D eigenvalue weighted by molar-refractivity contribution is -0.103. The summed E-state index contributed by atoms with van der Waals surface area (Å²) >= 11 is 7.28. The van der Waals surface area contributed by atoms with E-state index in [0.717, 1.165) is 28.5 Å². The molecule has 1 aliphatic rings. The van der Waals surface area contributed by atoms with Crippen LogP contribution in [0.2, 0.25) is 4.34 Å². The quantitative estimate of drug-likeness (QED) is 0.427. The fourth-order valence-corrected chi connectivity index (χ4v) is 4.78. The van der Waals surface area contributed by atoms with E-state index in [9.17, 15) is 14.3 Å². The van der Waals surface area contributed by atoms with Gasteiger partial charge in [0.05, 0.1) is 23.6 Å². The second kappa shape index (κ2) is 9.52. The minimum atomic E-state index is -1.18. The molecule has 0 aromatic carbocycles. The average Bonchev–Trinajstić information content (AvgIpc) is 3.38. The van der Waals surface area contributed by atoms with Gasteiger partial charge in [0, 0.05) is 32.3 Å². The molecule has 11 heteroatoms. The number of hydrogen-bond acceptors (Lipinski definition) is 7. The molecule has 172 valence electrons. The van der Waals surface area contributed by atoms with Crippen LogP contribution >= 0.6 is 22.9 Å². The summed E-state index contributed by atoms with van der Waals surface area (Å²) in [6.07, 6.45) is 5.48. The number of carbonyl (C=O) groups excluding carboxylic acids is 1. The minimum Gasteiger partial charge on any atom is -0.380 e. The summed E-state index contributed by atoms with van der Waals surface area (Å²) in [6.45, 7) is 8.81. The molecule has 3 N–H and O–H groups in total. The van der Waals surface area contributed by atoms with Crippen molar-refractivity contribution in [3.05, 3.63) is 75.2 Å². The van der Waals surface area contributed by atoms with E-state index >= 15 is 0 Å². The smallest absolute Gasteiger partial charge is 0.272 e. The molecule has 4 heterocycles. The standard InChI is InChI=1S/C22H22ClFN6O2S/c1-3-14-15(4-2)28-17(27-14)7-9-30-11-22(32,12-30)21-29-18(19(23)33-21)20(31)26-10-16-13(24)6-5-8-25-16/h3-6,8,32H,1-2,7,9-12H2,(H,26,31)(H,27,28). The number of H-pyrrole nitrogens is 1. The van der Waals surface area contributed by atoms with Gasteiger partial charge in [-0.2, -0.15) is 0 Å². The van der Waals surface area contributed by atoms with Crippen LogP contribution in [0.15, 0.2) is 31.5 Å². The lowest BCUT2D eigenvalue weighted by Crippen LogP contribution is -2.59. The number of carbonyl (C=O) groups is 1. The summed E-state index contributed by atoms with van der Waals surface area (Å²) in [5, 5.41) is 13.9. The highest BCUT2D eigenvalue weighted by atomic mass is 35.5. The zero-order valence-electron chi connectivity index (χ0n) is 17.6. The molecule has 0 aliphatic carbocycles. The number of amides is 1. The maximum atomic E-state index is 13.7. The minimum absolute atomic E-state index is 0.00405. The highest BCUT2D eigenvalue weighted by Gasteiger charge is 2.45. The van der Waals surface area contributed by atoms with E-state index in [2.05, 4.69) is 43.3 Å². The molecule has 0 saturated carbocycles. The second-order valence-corrected chi connectivity index (χ2v) is 9.24. The van der Waals surface area contributed by atoms with Crippen molar-refractivity contribution in [3.8, 4) is 0 Å². The summed E-state index contributed by atoms with van der Waals surface area (Å²) in [5.41, 5.74) is 0.525. The summed E-state index contributed by atoms with van der Waals surface area (Å²) in [7, 11) is 0. The number of hydrogen-bond donors (Lipinski definition) is 3. The van der Waals surface area contributed by atoms with Gasteiger partial charge in [0.2, 0.25) is 0 Å². The Morgan fingerprint density at radius 1 is 1.39 bits per heavy atom. The van der Waals surface area contributed by atoms with Crippen LogP contribution in [0, 0.1) is 5.82 Å². The van der Waals surface area contributed by atoms with E-state index in [0.29, 0.717) is 31.1 Å². The van der Waals surface area contributed by atoms with Gasteiger partial charge in [-0.05, 0) is 24.3 Å². The molecule has 3 aromatic rings. The number of aromatic amines is 1. The predicted molar refractivity (Wildman–Crippen MR) is 125 cm³/mol. The van der Waals surface area contributed by atoms with E-state index in [-0.39, 0.29) is 22.3 Å². The number of aromatic nitrogens is 4. The predicted octanol–water partition coefficient (Wildman–Crippen LogP) is 3.02. The van der Waals surface area contributed by atoms with Crippen molar-refractivity contribution in [2.45, 2.75) is 18.6 Å². The molecule has 1 fully saturated rings. The topological polar surface area (TPSA) is 107 Å². The fourth-order valence-electron chi connectivity index (χ4n) is 3.57. The molecular weight excluding hydrogens is 467 g/mol. The van der Waals surface area contributed by atoms with E-state index in [1.165, 1.54) is 18.3 Å². The number of thiazole rings is 1. The third kappa shape index (κ3) is 4.88. The van der Waals surface area contributed by atoms with Gasteiger partial charge in [0.25, 0.3) is 5.91 Å². The Balaban J connectivity index is 1.33. The Bertz CT molecular complexity index is 1180. The van der Waals surface area contributed by atoms with Crippen LogP contribution < -0.4 is 5.32 Å². The molecular formula is C22H22ClFN6O2S. The zero-order chi connectivity index (χ0) is 23.6. The van der Waals surface area contributed by atoms with Crippen LogP contribution in [-0.4, -0.2) is 55.5 Å². The van der Waals surface area contributed by atoms with Crippen molar-refractivity contribution < 1.29 is 14.3 Å². The van der Waals surface area contributed by atoms with Crippen molar-refractivity contribution in [1.82, 2.24) is 30.2 Å². The highest BCUT2D eigenvalue weighted by molar-refractivity contribution is 7.16. The van der Waals surface area contributed by atoms with E-state index in [1.807, 2.05) is 0 Å². The van der Waals surface area contributed by atoms with Gasteiger partial charge in [-0.15, -0.1) is 11.3 Å². The third-order valence-corrected chi connectivity index (χ3v) is 6.74. The SMILES string of the molecule is C=Cc1nc(CCN2CC(O)(c3nc(C(=O)NCc4ncccc4F)c(Cl)s3)C2)[nH]c1C=C. The van der Waals surface area contributed by atoms with Crippen LogP contribution in [0.4, 0.5) is 4.39 Å². The lowest BCUT2D eigenvalue weighted by Gasteiger charge is -2.45. The third-order valence-electron chi connectivity index (χ3n) is 5.29. The number of nitrogens with zero attached hydrogens (tertiary/aromatic N) is 4. The van der Waals surface area contributed by atoms with Crippen LogP contribution in [0.1, 0.15) is 38.4 Å². The Hall–Kier alpha value is -2.92. The normalized spacial score (nSPS) is 15.1. The van der Waals surface area contributed by atoms with Gasteiger partial charge < -0.3 is 15.4 Å². The maximum absolute atomic E-state index is 13.7. The number of rotatable bonds is 9. The molecule has 1 saturated heterocycles. The van der Waals surface area contributed by atoms with Crippen molar-refractivity contribution in [1.29, 1.82) is 0 Å². The molecule has 4 rings (SSSR count). The second-order valence-electron chi connectivity index (χ2n) is 7.64. The Morgan fingerprint density at radius 3 is 2.85 bits per heavy atom. The van der Waals surface area contributed by atoms with Gasteiger partial charge in [0.15, 0.2) is 5.69 Å². The first-order valence-electron chi connectivity index (χ1n) is 10.2. The largest absolute Gasteiger partial charge is 0.380 e. The van der Waals surface area contributed by atoms with E-state index in [4.69, 9.17) is 11.6 Å². The Kier molecular flexibility index (Phi) is 6.71. The molecule has 0 radical (unpaired) electrons. The molecule has 0 spiro atoms. The first-order chi connectivity index (χ1) is 15.8. The summed E-state index contributed by atoms with van der Waals surface area (Å²) in [5.74, 6) is -0.250. The first kappa shape index (κ1) is 23.2. The van der Waals surface area contributed by atoms with Crippen LogP contribution in [0.5, 0.6) is 0 Å². The van der Waals surface area contributed by atoms with Crippen molar-refractivity contribution in [2.24, 2.45) is 0 Å². The van der Waals surface area contributed by atoms with Crippen LogP contribution in [0.25, 0.3) is 12.2 Å². The number of nitrogens with one attached hydrogen (secondary N) is 2. The monoisotopic (exact) mass is 488 g/mol. The molecule has 1 aliphatic heterocycles. The molecule has 33 heavy (non-hydrogen) atoms. The maximum Gasteiger partial charge on any atom is 0.272 e. The summed E-state index contributed by atoms with van der Waals surface area (Å²) in [6, 6.07) is 2.74. The number of likely N-dealkylation sites (tertiary alicyclic amines) is 1. The number of aliphatic hydroxyl groups is 1. The number of β-amino-alcohol motifs (C(OH)–C–C–N with tert-alkyl or cyclic N) is 1. The summed E-state index contributed by atoms with van der Waals surface area (Å²) in [4.78, 5) is 30.4. The van der Waals surface area contributed by atoms with Gasteiger partial charge in [-0.3, -0.25) is 14.7 Å². The number of halogens is 2. The molecule has 1 amide bonds. The van der Waals surface area contributed by atoms with Crippen molar-refractivity contribution >= 4 is 41.0 Å². The van der Waals surface area contributed by atoms with Crippen LogP contribution in [-0.2, 0) is 18.6 Å². The molecule has 0 atom stereocenters. The van der Waals surface area contributed by atoms with Gasteiger partial charge >= 0.3 is 0 Å². The average molecular weight is 489 g/mol. The van der Waals surface area contributed by atoms with Crippen LogP contribution in [0.3, 0.4) is 0 Å². The van der Waals surface area contributed by atoms with Gasteiger partial charge in [0.1, 0.15) is 26.6 Å².